The van der Waals surface area contributed by atoms with Crippen LogP contribution in [0.25, 0.3) is 0 Å². The normalized spacial score (nSPS) is 33.1. The topological polar surface area (TPSA) is 81.8 Å². The fourth-order valence-corrected chi connectivity index (χ4v) is 6.70. The third-order valence-electron chi connectivity index (χ3n) is 5.99. The van der Waals surface area contributed by atoms with Crippen molar-refractivity contribution in [2.24, 2.45) is 0 Å². The van der Waals surface area contributed by atoms with Crippen LogP contribution >= 0.6 is 0 Å². The van der Waals surface area contributed by atoms with Gasteiger partial charge in [-0.25, -0.2) is 19.3 Å². The number of benzene rings is 1. The van der Waals surface area contributed by atoms with Gasteiger partial charge in [0.2, 0.25) is 5.91 Å². The Morgan fingerprint density at radius 3 is 2.59 bits per heavy atom. The lowest BCUT2D eigenvalue weighted by molar-refractivity contribution is -0.139. The molecule has 4 rings (SSSR count). The van der Waals surface area contributed by atoms with Crippen LogP contribution in [0, 0.1) is 0 Å². The number of amides is 1. The molecule has 1 amide bonds. The number of rotatable bonds is 4. The Kier molecular flexibility index (Phi) is 5.24. The van der Waals surface area contributed by atoms with Crippen LogP contribution in [0.3, 0.4) is 0 Å². The number of nitrogens with one attached hydrogen (secondary N) is 2. The van der Waals surface area contributed by atoms with E-state index >= 15 is 0 Å². The minimum absolute atomic E-state index is 0.0178. The number of hydrogen-bond donors (Lipinski definition) is 2. The first-order valence-corrected chi connectivity index (χ1v) is 11.6. The van der Waals surface area contributed by atoms with Gasteiger partial charge in [0, 0.05) is 25.2 Å². The Balaban J connectivity index is 1.47. The van der Waals surface area contributed by atoms with Crippen LogP contribution in [-0.2, 0) is 14.6 Å². The van der Waals surface area contributed by atoms with Gasteiger partial charge in [-0.2, -0.15) is 0 Å². The van der Waals surface area contributed by atoms with Gasteiger partial charge in [0.05, 0.1) is 17.5 Å². The lowest BCUT2D eigenvalue weighted by Crippen LogP contribution is -2.63. The fourth-order valence-electron chi connectivity index (χ4n) is 4.69. The third kappa shape index (κ3) is 3.76. The van der Waals surface area contributed by atoms with Crippen LogP contribution in [-0.4, -0.2) is 73.4 Å². The molecule has 3 fully saturated rings. The summed E-state index contributed by atoms with van der Waals surface area (Å²) in [5.41, 5.74) is 7.50. The van der Waals surface area contributed by atoms with E-state index in [1.807, 2.05) is 23.1 Å². The van der Waals surface area contributed by atoms with E-state index in [9.17, 15) is 13.2 Å². The van der Waals surface area contributed by atoms with Crippen LogP contribution in [0.15, 0.2) is 30.3 Å². The van der Waals surface area contributed by atoms with Gasteiger partial charge >= 0.3 is 0 Å². The molecule has 1 aromatic rings. The molecule has 4 atom stereocenters. The van der Waals surface area contributed by atoms with E-state index in [1.54, 1.807) is 0 Å². The molecule has 7 nitrogen and oxygen atoms in total. The highest BCUT2D eigenvalue weighted by atomic mass is 32.2. The number of carbonyl (C=O) groups is 1. The third-order valence-corrected chi connectivity index (χ3v) is 7.69. The SMILES string of the molecule is CCCN1CCN(C(=O)C2CC(c3ccccc3)NN2)[C@@H]2CS(=O)(=O)C[C@@H]21. The van der Waals surface area contributed by atoms with Gasteiger partial charge in [-0.05, 0) is 24.9 Å². The molecule has 0 spiro atoms. The lowest BCUT2D eigenvalue weighted by Gasteiger charge is -2.44. The molecule has 0 saturated carbocycles. The van der Waals surface area contributed by atoms with Gasteiger partial charge in [-0.3, -0.25) is 9.69 Å². The van der Waals surface area contributed by atoms with E-state index < -0.39 is 9.84 Å². The van der Waals surface area contributed by atoms with Gasteiger partial charge in [0.15, 0.2) is 9.84 Å². The zero-order valence-electron chi connectivity index (χ0n) is 15.7. The van der Waals surface area contributed by atoms with Gasteiger partial charge < -0.3 is 4.90 Å². The van der Waals surface area contributed by atoms with E-state index in [0.29, 0.717) is 13.0 Å². The number of sulfone groups is 1. The van der Waals surface area contributed by atoms with Crippen LogP contribution in [0.4, 0.5) is 0 Å². The smallest absolute Gasteiger partial charge is 0.241 e. The summed E-state index contributed by atoms with van der Waals surface area (Å²) in [5.74, 6) is 0.278. The first kappa shape index (κ1) is 18.9. The maximum absolute atomic E-state index is 13.2. The number of hydrazine groups is 1. The van der Waals surface area contributed by atoms with Crippen molar-refractivity contribution in [2.75, 3.05) is 31.1 Å². The summed E-state index contributed by atoms with van der Waals surface area (Å²) in [4.78, 5) is 17.3. The molecule has 3 aliphatic heterocycles. The quantitative estimate of drug-likeness (QED) is 0.768. The Morgan fingerprint density at radius 1 is 1.11 bits per heavy atom. The molecule has 1 aromatic carbocycles. The standard InChI is InChI=1S/C19H28N4O3S/c1-2-8-22-9-10-23(18-13-27(25,26)12-17(18)22)19(24)16-11-15(20-21-16)14-6-4-3-5-7-14/h3-7,15-18,20-21H,2,8-13H2,1H3/t15?,16?,17-,18+/m0/s1. The monoisotopic (exact) mass is 392 g/mol. The number of hydrogen-bond acceptors (Lipinski definition) is 6. The molecule has 8 heteroatoms. The van der Waals surface area contributed by atoms with E-state index in [2.05, 4.69) is 34.8 Å². The molecule has 0 aromatic heterocycles. The van der Waals surface area contributed by atoms with Gasteiger partial charge in [0.1, 0.15) is 6.04 Å². The summed E-state index contributed by atoms with van der Waals surface area (Å²) < 4.78 is 24.6. The number of nitrogens with zero attached hydrogens (tertiary/aromatic N) is 2. The van der Waals surface area contributed by atoms with E-state index in [4.69, 9.17) is 0 Å². The minimum atomic E-state index is -3.10. The summed E-state index contributed by atoms with van der Waals surface area (Å²) >= 11 is 0. The zero-order chi connectivity index (χ0) is 19.0. The predicted octanol–water partition coefficient (Wildman–Crippen LogP) is 0.314. The average molecular weight is 393 g/mol. The molecule has 3 aliphatic rings. The molecule has 0 radical (unpaired) electrons. The summed E-state index contributed by atoms with van der Waals surface area (Å²) in [5, 5.41) is 0. The average Bonchev–Trinajstić information content (AvgIpc) is 3.26. The fraction of sp³-hybridized carbons (Fsp3) is 0.632. The van der Waals surface area contributed by atoms with Gasteiger partial charge in [0.25, 0.3) is 0 Å². The Morgan fingerprint density at radius 2 is 1.85 bits per heavy atom. The second kappa shape index (κ2) is 7.50. The van der Waals surface area contributed by atoms with Crippen molar-refractivity contribution in [3.8, 4) is 0 Å². The van der Waals surface area contributed by atoms with Crippen molar-refractivity contribution in [2.45, 2.75) is 43.9 Å². The van der Waals surface area contributed by atoms with Crippen molar-refractivity contribution < 1.29 is 13.2 Å². The molecule has 3 saturated heterocycles. The van der Waals surface area contributed by atoms with Gasteiger partial charge in [-0.1, -0.05) is 37.3 Å². The largest absolute Gasteiger partial charge is 0.334 e. The molecule has 0 aliphatic carbocycles. The van der Waals surface area contributed by atoms with Crippen molar-refractivity contribution in [1.29, 1.82) is 0 Å². The minimum Gasteiger partial charge on any atom is -0.334 e. The van der Waals surface area contributed by atoms with Crippen molar-refractivity contribution in [3.05, 3.63) is 35.9 Å². The summed E-state index contributed by atoms with van der Waals surface area (Å²) in [7, 11) is -3.10. The van der Waals surface area contributed by atoms with E-state index in [0.717, 1.165) is 25.1 Å². The first-order valence-electron chi connectivity index (χ1n) is 9.79. The van der Waals surface area contributed by atoms with Crippen LogP contribution in [0.5, 0.6) is 0 Å². The highest BCUT2D eigenvalue weighted by Crippen LogP contribution is 2.29. The highest BCUT2D eigenvalue weighted by molar-refractivity contribution is 7.91. The van der Waals surface area contributed by atoms with Crippen molar-refractivity contribution in [3.63, 3.8) is 0 Å². The molecule has 2 N–H and O–H groups in total. The highest BCUT2D eigenvalue weighted by Gasteiger charge is 2.49. The first-order chi connectivity index (χ1) is 13.0. The summed E-state index contributed by atoms with van der Waals surface area (Å²) in [6, 6.07) is 9.55. The summed E-state index contributed by atoms with van der Waals surface area (Å²) in [6.07, 6.45) is 1.66. The number of carbonyl (C=O) groups excluding carboxylic acids is 1. The molecular weight excluding hydrogens is 364 g/mol. The van der Waals surface area contributed by atoms with Crippen molar-refractivity contribution >= 4 is 15.7 Å². The van der Waals surface area contributed by atoms with Crippen LogP contribution < -0.4 is 10.9 Å². The second-order valence-electron chi connectivity index (χ2n) is 7.82. The molecule has 0 bridgehead atoms. The number of fused-ring (bicyclic) bond motifs is 1. The zero-order valence-corrected chi connectivity index (χ0v) is 16.5. The molecule has 148 valence electrons. The molecule has 27 heavy (non-hydrogen) atoms. The second-order valence-corrected chi connectivity index (χ2v) is 9.97. The van der Waals surface area contributed by atoms with Crippen LogP contribution in [0.1, 0.15) is 31.4 Å². The van der Waals surface area contributed by atoms with Gasteiger partial charge in [-0.15, -0.1) is 0 Å². The summed E-state index contributed by atoms with van der Waals surface area (Å²) in [6.45, 7) is 4.34. The van der Waals surface area contributed by atoms with E-state index in [-0.39, 0.29) is 41.6 Å². The number of piperazine rings is 1. The molecular formula is C19H28N4O3S. The maximum Gasteiger partial charge on any atom is 0.241 e. The Labute approximate surface area is 161 Å². The van der Waals surface area contributed by atoms with Crippen molar-refractivity contribution in [1.82, 2.24) is 20.7 Å². The predicted molar refractivity (Wildman–Crippen MR) is 104 cm³/mol. The Hall–Kier alpha value is -1.48. The Bertz CT molecular complexity index is 785. The molecule has 2 unspecified atom stereocenters. The molecule has 3 heterocycles. The lowest BCUT2D eigenvalue weighted by atomic mass is 9.99. The van der Waals surface area contributed by atoms with Crippen LogP contribution in [0.2, 0.25) is 0 Å². The maximum atomic E-state index is 13.2. The van der Waals surface area contributed by atoms with E-state index in [1.165, 1.54) is 0 Å².